The molecule has 10 heteroatoms. The Hall–Kier alpha value is -3.89. The summed E-state index contributed by atoms with van der Waals surface area (Å²) in [5.41, 5.74) is 2.56. The van der Waals surface area contributed by atoms with E-state index in [1.165, 1.54) is 28.6 Å². The molecular weight excluding hydrogens is 518 g/mol. The van der Waals surface area contributed by atoms with Gasteiger partial charge in [-0.15, -0.1) is 0 Å². The second-order valence-electron chi connectivity index (χ2n) is 9.62. The van der Waals surface area contributed by atoms with Crippen LogP contribution in [-0.2, 0) is 14.8 Å². The first-order valence-corrected chi connectivity index (χ1v) is 14.4. The number of hydrogen-bond acceptors (Lipinski definition) is 6. The molecule has 0 saturated carbocycles. The van der Waals surface area contributed by atoms with Crippen LogP contribution in [0, 0.1) is 6.92 Å². The number of fused-ring (bicyclic) bond motifs is 1. The lowest BCUT2D eigenvalue weighted by Crippen LogP contribution is -2.41. The van der Waals surface area contributed by atoms with Crippen LogP contribution in [0.3, 0.4) is 0 Å². The monoisotopic (exact) mass is 549 g/mol. The highest BCUT2D eigenvalue weighted by Crippen LogP contribution is 2.34. The molecule has 2 amide bonds. The predicted molar refractivity (Wildman–Crippen MR) is 148 cm³/mol. The van der Waals surface area contributed by atoms with Gasteiger partial charge in [-0.3, -0.25) is 9.59 Å². The van der Waals surface area contributed by atoms with Crippen LogP contribution >= 0.6 is 0 Å². The van der Waals surface area contributed by atoms with Gasteiger partial charge in [-0.1, -0.05) is 24.1 Å². The number of nitrogens with one attached hydrogen (secondary N) is 1. The van der Waals surface area contributed by atoms with E-state index in [0.29, 0.717) is 48.9 Å². The lowest BCUT2D eigenvalue weighted by Gasteiger charge is -2.29. The van der Waals surface area contributed by atoms with Crippen LogP contribution in [-0.4, -0.2) is 57.4 Å². The van der Waals surface area contributed by atoms with Crippen LogP contribution in [0.4, 0.5) is 11.4 Å². The van der Waals surface area contributed by atoms with E-state index in [4.69, 9.17) is 9.47 Å². The van der Waals surface area contributed by atoms with Gasteiger partial charge in [0.05, 0.1) is 17.1 Å². The van der Waals surface area contributed by atoms with Gasteiger partial charge in [0.1, 0.15) is 18.1 Å². The van der Waals surface area contributed by atoms with Crippen LogP contribution in [0.5, 0.6) is 11.5 Å². The highest BCUT2D eigenvalue weighted by atomic mass is 32.2. The van der Waals surface area contributed by atoms with Crippen molar-refractivity contribution in [2.24, 2.45) is 0 Å². The zero-order valence-electron chi connectivity index (χ0n) is 21.8. The Labute approximate surface area is 228 Å². The van der Waals surface area contributed by atoms with Crippen LogP contribution in [0.1, 0.15) is 35.2 Å². The topological polar surface area (TPSA) is 105 Å². The fraction of sp³-hybridized carbons (Fsp3) is 0.310. The number of anilines is 2. The average Bonchev–Trinajstić information content (AvgIpc) is 2.96. The number of carbonyl (C=O) groups excluding carboxylic acids is 2. The third kappa shape index (κ3) is 6.07. The van der Waals surface area contributed by atoms with Gasteiger partial charge in [0, 0.05) is 30.4 Å². The maximum Gasteiger partial charge on any atom is 0.265 e. The van der Waals surface area contributed by atoms with E-state index in [2.05, 4.69) is 5.32 Å². The summed E-state index contributed by atoms with van der Waals surface area (Å²) in [6.07, 6.45) is 2.75. The molecule has 5 rings (SSSR count). The minimum Gasteiger partial charge on any atom is -0.492 e. The van der Waals surface area contributed by atoms with Gasteiger partial charge in [-0.05, 0) is 68.3 Å². The molecule has 0 spiro atoms. The number of benzene rings is 3. The molecule has 2 aliphatic heterocycles. The first-order chi connectivity index (χ1) is 18.8. The van der Waals surface area contributed by atoms with Gasteiger partial charge in [0.2, 0.25) is 10.0 Å². The van der Waals surface area contributed by atoms with E-state index in [9.17, 15) is 18.0 Å². The molecule has 3 aromatic carbocycles. The van der Waals surface area contributed by atoms with Crippen LogP contribution in [0.2, 0.25) is 0 Å². The van der Waals surface area contributed by atoms with Crippen molar-refractivity contribution >= 4 is 33.2 Å². The van der Waals surface area contributed by atoms with Crippen molar-refractivity contribution in [3.8, 4) is 11.5 Å². The van der Waals surface area contributed by atoms with Gasteiger partial charge in [0.15, 0.2) is 6.61 Å². The Bertz CT molecular complexity index is 1450. The normalized spacial score (nSPS) is 15.8. The molecule has 1 N–H and O–H groups in total. The molecule has 1 saturated heterocycles. The first kappa shape index (κ1) is 26.7. The zero-order chi connectivity index (χ0) is 27.4. The van der Waals surface area contributed by atoms with Crippen molar-refractivity contribution in [2.45, 2.75) is 31.1 Å². The molecule has 0 unspecified atom stereocenters. The SMILES string of the molecule is Cc1ccc(OCCN2C(=O)COc3cc(NC(=O)c4ccc(S(=O)(=O)N5CCCCC5)cc4)ccc32)cc1. The number of hydrogen-bond donors (Lipinski definition) is 1. The lowest BCUT2D eigenvalue weighted by atomic mass is 10.2. The van der Waals surface area contributed by atoms with Crippen LogP contribution in [0.15, 0.2) is 71.6 Å². The predicted octanol–water partition coefficient (Wildman–Crippen LogP) is 4.23. The van der Waals surface area contributed by atoms with Crippen molar-refractivity contribution < 1.29 is 27.5 Å². The molecular formula is C29H31N3O6S. The molecule has 2 heterocycles. The molecule has 1 fully saturated rings. The van der Waals surface area contributed by atoms with Gasteiger partial charge >= 0.3 is 0 Å². The highest BCUT2D eigenvalue weighted by Gasteiger charge is 2.27. The number of carbonyl (C=O) groups is 2. The summed E-state index contributed by atoms with van der Waals surface area (Å²) in [6.45, 7) is 3.60. The number of nitrogens with zero attached hydrogens (tertiary/aromatic N) is 2. The lowest BCUT2D eigenvalue weighted by molar-refractivity contribution is -0.121. The summed E-state index contributed by atoms with van der Waals surface area (Å²) < 4.78 is 38.7. The summed E-state index contributed by atoms with van der Waals surface area (Å²) in [5, 5.41) is 2.82. The van der Waals surface area contributed by atoms with E-state index in [1.807, 2.05) is 31.2 Å². The van der Waals surface area contributed by atoms with Crippen LogP contribution < -0.4 is 19.7 Å². The minimum absolute atomic E-state index is 0.109. The van der Waals surface area contributed by atoms with Crippen LogP contribution in [0.25, 0.3) is 0 Å². The summed E-state index contributed by atoms with van der Waals surface area (Å²) in [7, 11) is -3.56. The van der Waals surface area contributed by atoms with Gasteiger partial charge in [-0.25, -0.2) is 8.42 Å². The molecule has 0 aliphatic carbocycles. The Kier molecular flexibility index (Phi) is 7.85. The summed E-state index contributed by atoms with van der Waals surface area (Å²) in [5.74, 6) is 0.654. The maximum absolute atomic E-state index is 12.9. The summed E-state index contributed by atoms with van der Waals surface area (Å²) in [4.78, 5) is 27.2. The smallest absolute Gasteiger partial charge is 0.265 e. The first-order valence-electron chi connectivity index (χ1n) is 13.0. The molecule has 204 valence electrons. The quantitative estimate of drug-likeness (QED) is 0.451. The molecule has 39 heavy (non-hydrogen) atoms. The van der Waals surface area contributed by atoms with E-state index in [0.717, 1.165) is 30.6 Å². The third-order valence-corrected chi connectivity index (χ3v) is 8.75. The van der Waals surface area contributed by atoms with Gasteiger partial charge < -0.3 is 19.7 Å². The van der Waals surface area contributed by atoms with E-state index < -0.39 is 10.0 Å². The highest BCUT2D eigenvalue weighted by molar-refractivity contribution is 7.89. The molecule has 2 aliphatic rings. The molecule has 3 aromatic rings. The molecule has 0 aromatic heterocycles. The molecule has 9 nitrogen and oxygen atoms in total. The second kappa shape index (κ2) is 11.5. The number of rotatable bonds is 8. The standard InChI is InChI=1S/C29H31N3O6S/c1-21-5-10-24(11-6-21)37-18-17-32-26-14-9-23(19-27(26)38-20-28(32)33)30-29(34)22-7-12-25(13-8-22)39(35,36)31-15-3-2-4-16-31/h5-14,19H,2-4,15-18,20H2,1H3,(H,30,34). The zero-order valence-corrected chi connectivity index (χ0v) is 22.6. The Morgan fingerprint density at radius 2 is 1.69 bits per heavy atom. The van der Waals surface area contributed by atoms with Crippen molar-refractivity contribution in [3.63, 3.8) is 0 Å². The maximum atomic E-state index is 12.9. The van der Waals surface area contributed by atoms with E-state index >= 15 is 0 Å². The number of sulfonamides is 1. The van der Waals surface area contributed by atoms with E-state index in [-0.39, 0.29) is 23.3 Å². The number of ether oxygens (including phenoxy) is 2. The van der Waals surface area contributed by atoms with Crippen molar-refractivity contribution in [1.82, 2.24) is 4.31 Å². The minimum atomic E-state index is -3.56. The molecule has 0 radical (unpaired) electrons. The summed E-state index contributed by atoms with van der Waals surface area (Å²) >= 11 is 0. The third-order valence-electron chi connectivity index (χ3n) is 6.83. The van der Waals surface area contributed by atoms with Crippen molar-refractivity contribution in [2.75, 3.05) is 43.1 Å². The Morgan fingerprint density at radius 1 is 0.974 bits per heavy atom. The van der Waals surface area contributed by atoms with Crippen molar-refractivity contribution in [1.29, 1.82) is 0 Å². The van der Waals surface area contributed by atoms with Crippen molar-refractivity contribution in [3.05, 3.63) is 77.9 Å². The molecule has 0 atom stereocenters. The van der Waals surface area contributed by atoms with Gasteiger partial charge in [0.25, 0.3) is 11.8 Å². The fourth-order valence-corrected chi connectivity index (χ4v) is 6.17. The fourth-order valence-electron chi connectivity index (χ4n) is 4.65. The number of piperidine rings is 1. The largest absolute Gasteiger partial charge is 0.492 e. The molecule has 0 bridgehead atoms. The Morgan fingerprint density at radius 3 is 2.41 bits per heavy atom. The second-order valence-corrected chi connectivity index (χ2v) is 11.6. The summed E-state index contributed by atoms with van der Waals surface area (Å²) in [6, 6.07) is 18.8. The average molecular weight is 550 g/mol. The van der Waals surface area contributed by atoms with E-state index in [1.54, 1.807) is 23.1 Å². The number of aryl methyl sites for hydroxylation is 1. The van der Waals surface area contributed by atoms with Gasteiger partial charge in [-0.2, -0.15) is 4.31 Å². The Balaban J connectivity index is 1.22. The number of amides is 2.